The van der Waals surface area contributed by atoms with Crippen LogP contribution in [0.3, 0.4) is 0 Å². The number of rotatable bonds is 1. The van der Waals surface area contributed by atoms with Gasteiger partial charge in [0.15, 0.2) is 0 Å². The fourth-order valence-corrected chi connectivity index (χ4v) is 1.87. The third kappa shape index (κ3) is 1.93. The number of nitrogens with two attached hydrogens (primary N) is 1. The number of allylic oxidation sites excluding steroid dienone is 1. The maximum absolute atomic E-state index is 5.90. The summed E-state index contributed by atoms with van der Waals surface area (Å²) in [6, 6.07) is 8.17. The average molecular weight is 194 g/mol. The Balaban J connectivity index is 2.31. The van der Waals surface area contributed by atoms with Gasteiger partial charge in [0, 0.05) is 11.1 Å². The summed E-state index contributed by atoms with van der Waals surface area (Å²) >= 11 is 5.90. The molecule has 1 aliphatic rings. The van der Waals surface area contributed by atoms with E-state index in [0.29, 0.717) is 0 Å². The summed E-state index contributed by atoms with van der Waals surface area (Å²) in [5, 5.41) is 0.791. The molecule has 0 aliphatic heterocycles. The highest BCUT2D eigenvalue weighted by Gasteiger charge is 2.12. The van der Waals surface area contributed by atoms with Gasteiger partial charge < -0.3 is 5.73 Å². The van der Waals surface area contributed by atoms with Gasteiger partial charge in [-0.3, -0.25) is 0 Å². The quantitative estimate of drug-likeness (QED) is 0.730. The summed E-state index contributed by atoms with van der Waals surface area (Å²) in [4.78, 5) is 0. The zero-order valence-electron chi connectivity index (χ0n) is 7.33. The van der Waals surface area contributed by atoms with Crippen molar-refractivity contribution in [3.05, 3.63) is 40.9 Å². The van der Waals surface area contributed by atoms with Gasteiger partial charge in [0.25, 0.3) is 0 Å². The fraction of sp³-hybridized carbons (Fsp3) is 0.273. The number of hydrogen-bond donors (Lipinski definition) is 1. The van der Waals surface area contributed by atoms with Crippen molar-refractivity contribution in [2.75, 3.05) is 0 Å². The number of halogens is 1. The van der Waals surface area contributed by atoms with Crippen LogP contribution in [0.2, 0.25) is 5.02 Å². The first kappa shape index (κ1) is 8.79. The smallest absolute Gasteiger partial charge is 0.0412 e. The Kier molecular flexibility index (Phi) is 2.38. The van der Waals surface area contributed by atoms with Crippen LogP contribution in [0.5, 0.6) is 0 Å². The molecule has 0 amide bonds. The molecule has 68 valence electrons. The van der Waals surface area contributed by atoms with Crippen LogP contribution in [0.25, 0.3) is 5.57 Å². The van der Waals surface area contributed by atoms with E-state index < -0.39 is 0 Å². The van der Waals surface area contributed by atoms with Crippen LogP contribution in [0.4, 0.5) is 0 Å². The van der Waals surface area contributed by atoms with Crippen LogP contribution in [-0.2, 0) is 0 Å². The van der Waals surface area contributed by atoms with Gasteiger partial charge in [-0.25, -0.2) is 0 Å². The van der Waals surface area contributed by atoms with Gasteiger partial charge in [0.1, 0.15) is 0 Å². The Morgan fingerprint density at radius 1 is 1.38 bits per heavy atom. The standard InChI is InChI=1S/C11H12ClN/c12-10-3-1-2-8(6-10)9-4-5-11(13)7-9/h1-3,6-7,11H,4-5,13H2. The van der Waals surface area contributed by atoms with Crippen LogP contribution in [0.15, 0.2) is 30.3 Å². The van der Waals surface area contributed by atoms with E-state index in [1.54, 1.807) is 0 Å². The predicted octanol–water partition coefficient (Wildman–Crippen LogP) is 2.84. The number of benzene rings is 1. The normalized spacial score (nSPS) is 21.7. The second kappa shape index (κ2) is 3.52. The van der Waals surface area contributed by atoms with Gasteiger partial charge in [-0.1, -0.05) is 29.8 Å². The van der Waals surface area contributed by atoms with Crippen LogP contribution in [-0.4, -0.2) is 6.04 Å². The molecule has 2 rings (SSSR count). The van der Waals surface area contributed by atoms with Crippen molar-refractivity contribution in [2.45, 2.75) is 18.9 Å². The van der Waals surface area contributed by atoms with Crippen molar-refractivity contribution in [1.82, 2.24) is 0 Å². The van der Waals surface area contributed by atoms with E-state index >= 15 is 0 Å². The lowest BCUT2D eigenvalue weighted by atomic mass is 10.1. The first-order chi connectivity index (χ1) is 6.25. The van der Waals surface area contributed by atoms with Crippen molar-refractivity contribution in [3.63, 3.8) is 0 Å². The van der Waals surface area contributed by atoms with Crippen molar-refractivity contribution in [3.8, 4) is 0 Å². The van der Waals surface area contributed by atoms with Crippen LogP contribution < -0.4 is 5.73 Å². The minimum atomic E-state index is 0.231. The summed E-state index contributed by atoms with van der Waals surface area (Å²) in [6.07, 6.45) is 4.26. The van der Waals surface area contributed by atoms with Crippen molar-refractivity contribution >= 4 is 17.2 Å². The van der Waals surface area contributed by atoms with Gasteiger partial charge in [0.2, 0.25) is 0 Å². The Labute approximate surface area is 83.2 Å². The molecule has 1 unspecified atom stereocenters. The highest BCUT2D eigenvalue weighted by Crippen LogP contribution is 2.28. The minimum absolute atomic E-state index is 0.231. The third-order valence-corrected chi connectivity index (χ3v) is 2.59. The molecule has 1 aromatic carbocycles. The minimum Gasteiger partial charge on any atom is -0.324 e. The zero-order chi connectivity index (χ0) is 9.26. The average Bonchev–Trinajstić information content (AvgIpc) is 2.52. The van der Waals surface area contributed by atoms with Crippen LogP contribution in [0, 0.1) is 0 Å². The van der Waals surface area contributed by atoms with E-state index in [1.165, 1.54) is 11.1 Å². The van der Waals surface area contributed by atoms with Gasteiger partial charge >= 0.3 is 0 Å². The molecule has 1 nitrogen and oxygen atoms in total. The molecule has 0 aromatic heterocycles. The van der Waals surface area contributed by atoms with E-state index in [9.17, 15) is 0 Å². The fourth-order valence-electron chi connectivity index (χ4n) is 1.68. The van der Waals surface area contributed by atoms with Crippen LogP contribution >= 0.6 is 11.6 Å². The lowest BCUT2D eigenvalue weighted by Crippen LogP contribution is -2.11. The Morgan fingerprint density at radius 3 is 2.85 bits per heavy atom. The lowest BCUT2D eigenvalue weighted by Gasteiger charge is -2.01. The lowest BCUT2D eigenvalue weighted by molar-refractivity contribution is 0.782. The predicted molar refractivity (Wildman–Crippen MR) is 56.6 cm³/mol. The largest absolute Gasteiger partial charge is 0.324 e. The third-order valence-electron chi connectivity index (χ3n) is 2.36. The molecular weight excluding hydrogens is 182 g/mol. The Hall–Kier alpha value is -0.790. The molecule has 1 aromatic rings. The summed E-state index contributed by atoms with van der Waals surface area (Å²) < 4.78 is 0. The molecule has 0 bridgehead atoms. The molecule has 0 heterocycles. The Morgan fingerprint density at radius 2 is 2.23 bits per heavy atom. The van der Waals surface area contributed by atoms with E-state index in [0.717, 1.165) is 17.9 Å². The highest BCUT2D eigenvalue weighted by molar-refractivity contribution is 6.30. The summed E-state index contributed by atoms with van der Waals surface area (Å²) in [6.45, 7) is 0. The number of hydrogen-bond acceptors (Lipinski definition) is 1. The molecule has 1 aliphatic carbocycles. The van der Waals surface area contributed by atoms with Crippen molar-refractivity contribution in [2.24, 2.45) is 5.73 Å². The monoisotopic (exact) mass is 193 g/mol. The zero-order valence-corrected chi connectivity index (χ0v) is 8.09. The van der Waals surface area contributed by atoms with E-state index in [2.05, 4.69) is 12.1 Å². The molecule has 2 N–H and O–H groups in total. The van der Waals surface area contributed by atoms with Gasteiger partial charge in [-0.05, 0) is 36.1 Å². The molecule has 13 heavy (non-hydrogen) atoms. The molecule has 2 heteroatoms. The summed E-state index contributed by atoms with van der Waals surface area (Å²) in [7, 11) is 0. The van der Waals surface area contributed by atoms with E-state index in [4.69, 9.17) is 17.3 Å². The van der Waals surface area contributed by atoms with Crippen molar-refractivity contribution < 1.29 is 0 Å². The molecule has 0 saturated carbocycles. The first-order valence-electron chi connectivity index (χ1n) is 4.48. The maximum Gasteiger partial charge on any atom is 0.0412 e. The van der Waals surface area contributed by atoms with Crippen LogP contribution in [0.1, 0.15) is 18.4 Å². The topological polar surface area (TPSA) is 26.0 Å². The second-order valence-electron chi connectivity index (χ2n) is 3.40. The van der Waals surface area contributed by atoms with Crippen molar-refractivity contribution in [1.29, 1.82) is 0 Å². The second-order valence-corrected chi connectivity index (χ2v) is 3.84. The SMILES string of the molecule is NC1C=C(c2cccc(Cl)c2)CC1. The molecule has 0 saturated heterocycles. The maximum atomic E-state index is 5.90. The van der Waals surface area contributed by atoms with E-state index in [-0.39, 0.29) is 6.04 Å². The van der Waals surface area contributed by atoms with Gasteiger partial charge in [-0.2, -0.15) is 0 Å². The summed E-state index contributed by atoms with van der Waals surface area (Å²) in [5.74, 6) is 0. The van der Waals surface area contributed by atoms with E-state index in [1.807, 2.05) is 18.2 Å². The highest BCUT2D eigenvalue weighted by atomic mass is 35.5. The molecule has 1 atom stereocenters. The Bertz CT molecular complexity index is 344. The molecule has 0 spiro atoms. The van der Waals surface area contributed by atoms with Gasteiger partial charge in [-0.15, -0.1) is 0 Å². The summed E-state index contributed by atoms with van der Waals surface area (Å²) in [5.41, 5.74) is 8.33. The molecular formula is C11H12ClN. The molecule has 0 radical (unpaired) electrons. The van der Waals surface area contributed by atoms with Gasteiger partial charge in [0.05, 0.1) is 0 Å². The first-order valence-corrected chi connectivity index (χ1v) is 4.86. The molecule has 0 fully saturated rings.